The van der Waals surface area contributed by atoms with Gasteiger partial charge in [0.25, 0.3) is 0 Å². The fourth-order valence-corrected chi connectivity index (χ4v) is 2.72. The van der Waals surface area contributed by atoms with Crippen molar-refractivity contribution in [2.24, 2.45) is 0 Å². The molecule has 24 heavy (non-hydrogen) atoms. The van der Waals surface area contributed by atoms with Gasteiger partial charge in [0.2, 0.25) is 0 Å². The minimum absolute atomic E-state index is 0.198. The van der Waals surface area contributed by atoms with Crippen molar-refractivity contribution < 1.29 is 5.11 Å². The van der Waals surface area contributed by atoms with Gasteiger partial charge >= 0.3 is 0 Å². The van der Waals surface area contributed by atoms with Gasteiger partial charge in [-0.3, -0.25) is 5.10 Å². The molecular weight excluding hydrogens is 298 g/mol. The summed E-state index contributed by atoms with van der Waals surface area (Å²) >= 11 is 0. The van der Waals surface area contributed by atoms with Crippen molar-refractivity contribution in [2.45, 2.75) is 32.0 Å². The van der Waals surface area contributed by atoms with E-state index in [9.17, 15) is 5.11 Å². The molecule has 2 atom stereocenters. The van der Waals surface area contributed by atoms with Gasteiger partial charge in [0.1, 0.15) is 0 Å². The van der Waals surface area contributed by atoms with Crippen LogP contribution in [-0.4, -0.2) is 21.3 Å². The number of hydrogen-bond donors (Lipinski definition) is 3. The minimum Gasteiger partial charge on any atom is -0.388 e. The fourth-order valence-electron chi connectivity index (χ4n) is 2.72. The molecule has 0 spiro atoms. The Morgan fingerprint density at radius 1 is 1.04 bits per heavy atom. The topological polar surface area (TPSA) is 60.9 Å². The summed E-state index contributed by atoms with van der Waals surface area (Å²) in [7, 11) is 0. The number of H-pyrrole nitrogens is 1. The summed E-state index contributed by atoms with van der Waals surface area (Å²) in [5.41, 5.74) is 4.05. The molecule has 0 aliphatic carbocycles. The van der Waals surface area contributed by atoms with E-state index in [0.29, 0.717) is 13.0 Å². The van der Waals surface area contributed by atoms with Crippen LogP contribution in [0, 0.1) is 0 Å². The van der Waals surface area contributed by atoms with Crippen molar-refractivity contribution >= 4 is 0 Å². The molecule has 2 unspecified atom stereocenters. The molecule has 1 aromatic heterocycles. The molecule has 3 aromatic rings. The second-order valence-electron chi connectivity index (χ2n) is 6.09. The summed E-state index contributed by atoms with van der Waals surface area (Å²) in [6.45, 7) is 2.78. The van der Waals surface area contributed by atoms with Crippen LogP contribution in [0.3, 0.4) is 0 Å². The van der Waals surface area contributed by atoms with Crippen LogP contribution >= 0.6 is 0 Å². The maximum absolute atomic E-state index is 10.3. The first kappa shape index (κ1) is 16.4. The number of benzene rings is 2. The average Bonchev–Trinajstić information content (AvgIpc) is 3.10. The zero-order valence-corrected chi connectivity index (χ0v) is 13.8. The fraction of sp³-hybridized carbons (Fsp3) is 0.250. The molecule has 0 saturated heterocycles. The quantitative estimate of drug-likeness (QED) is 0.622. The highest BCUT2D eigenvalue weighted by molar-refractivity contribution is 5.58. The molecule has 3 rings (SSSR count). The minimum atomic E-state index is -0.449. The SMILES string of the molecule is CC(CC(O)c1ccccc1)NCc1cc(-c2ccccc2)n[nH]1. The zero-order valence-electron chi connectivity index (χ0n) is 13.8. The molecule has 0 saturated carbocycles. The lowest BCUT2D eigenvalue weighted by Crippen LogP contribution is -2.27. The van der Waals surface area contributed by atoms with Crippen molar-refractivity contribution in [1.82, 2.24) is 15.5 Å². The molecule has 124 valence electrons. The maximum atomic E-state index is 10.3. The maximum Gasteiger partial charge on any atom is 0.0924 e. The summed E-state index contributed by atoms with van der Waals surface area (Å²) < 4.78 is 0. The van der Waals surface area contributed by atoms with Gasteiger partial charge in [0.05, 0.1) is 11.8 Å². The highest BCUT2D eigenvalue weighted by Crippen LogP contribution is 2.19. The number of nitrogens with one attached hydrogen (secondary N) is 2. The van der Waals surface area contributed by atoms with Crippen molar-refractivity contribution in [3.8, 4) is 11.3 Å². The Bertz CT molecular complexity index is 740. The summed E-state index contributed by atoms with van der Waals surface area (Å²) in [6, 6.07) is 22.1. The summed E-state index contributed by atoms with van der Waals surface area (Å²) in [6.07, 6.45) is 0.222. The van der Waals surface area contributed by atoms with E-state index in [0.717, 1.165) is 22.5 Å². The van der Waals surface area contributed by atoms with Crippen LogP contribution in [0.4, 0.5) is 0 Å². The van der Waals surface area contributed by atoms with Gasteiger partial charge < -0.3 is 10.4 Å². The standard InChI is InChI=1S/C20H23N3O/c1-15(12-20(24)17-10-6-3-7-11-17)21-14-18-13-19(23-22-18)16-8-4-2-5-9-16/h2-11,13,15,20-21,24H,12,14H2,1H3,(H,22,23). The third kappa shape index (κ3) is 4.31. The first-order valence-electron chi connectivity index (χ1n) is 8.28. The van der Waals surface area contributed by atoms with Crippen LogP contribution in [0.2, 0.25) is 0 Å². The highest BCUT2D eigenvalue weighted by atomic mass is 16.3. The van der Waals surface area contributed by atoms with Gasteiger partial charge in [0, 0.05) is 23.8 Å². The second-order valence-corrected chi connectivity index (χ2v) is 6.09. The molecule has 3 N–H and O–H groups in total. The molecule has 4 heteroatoms. The predicted molar refractivity (Wildman–Crippen MR) is 96.3 cm³/mol. The predicted octanol–water partition coefficient (Wildman–Crippen LogP) is 3.68. The van der Waals surface area contributed by atoms with Crippen molar-refractivity contribution in [3.63, 3.8) is 0 Å². The van der Waals surface area contributed by atoms with Crippen LogP contribution in [0.15, 0.2) is 66.7 Å². The molecule has 4 nitrogen and oxygen atoms in total. The van der Waals surface area contributed by atoms with Gasteiger partial charge in [-0.1, -0.05) is 60.7 Å². The molecule has 0 aliphatic heterocycles. The van der Waals surface area contributed by atoms with Gasteiger partial charge in [-0.15, -0.1) is 0 Å². The molecule has 0 amide bonds. The number of nitrogens with zero attached hydrogens (tertiary/aromatic N) is 1. The molecule has 0 fully saturated rings. The Hall–Kier alpha value is -2.43. The lowest BCUT2D eigenvalue weighted by molar-refractivity contribution is 0.153. The normalized spacial score (nSPS) is 13.6. The van der Waals surface area contributed by atoms with E-state index in [1.54, 1.807) is 0 Å². The first-order valence-corrected chi connectivity index (χ1v) is 8.28. The van der Waals surface area contributed by atoms with Crippen LogP contribution in [0.1, 0.15) is 30.7 Å². The number of aliphatic hydroxyl groups is 1. The molecule has 0 bridgehead atoms. The smallest absolute Gasteiger partial charge is 0.0924 e. The lowest BCUT2D eigenvalue weighted by Gasteiger charge is -2.17. The molecule has 1 heterocycles. The van der Waals surface area contributed by atoms with Crippen molar-refractivity contribution in [2.75, 3.05) is 0 Å². The Morgan fingerprint density at radius 3 is 2.42 bits per heavy atom. The van der Waals surface area contributed by atoms with E-state index >= 15 is 0 Å². The van der Waals surface area contributed by atoms with Gasteiger partial charge in [-0.05, 0) is 25.0 Å². The number of aromatic nitrogens is 2. The lowest BCUT2D eigenvalue weighted by atomic mass is 10.0. The second kappa shape index (κ2) is 7.90. The van der Waals surface area contributed by atoms with Crippen LogP contribution in [0.25, 0.3) is 11.3 Å². The molecular formula is C20H23N3O. The number of rotatable bonds is 7. The number of aliphatic hydroxyl groups excluding tert-OH is 1. The van der Waals surface area contributed by atoms with E-state index in [4.69, 9.17) is 0 Å². The zero-order chi connectivity index (χ0) is 16.8. The molecule has 0 aliphatic rings. The summed E-state index contributed by atoms with van der Waals surface area (Å²) in [5.74, 6) is 0. The van der Waals surface area contributed by atoms with Crippen LogP contribution in [-0.2, 0) is 6.54 Å². The highest BCUT2D eigenvalue weighted by Gasteiger charge is 2.12. The Balaban J connectivity index is 1.51. The largest absolute Gasteiger partial charge is 0.388 e. The van der Waals surface area contributed by atoms with E-state index in [2.05, 4.69) is 28.5 Å². The Labute approximate surface area is 142 Å². The van der Waals surface area contributed by atoms with Crippen molar-refractivity contribution in [1.29, 1.82) is 0 Å². The van der Waals surface area contributed by atoms with E-state index in [-0.39, 0.29) is 6.04 Å². The third-order valence-electron chi connectivity index (χ3n) is 4.10. The third-order valence-corrected chi connectivity index (χ3v) is 4.10. The Kier molecular flexibility index (Phi) is 5.41. The molecule has 2 aromatic carbocycles. The average molecular weight is 321 g/mol. The van der Waals surface area contributed by atoms with Gasteiger partial charge in [-0.25, -0.2) is 0 Å². The number of hydrogen-bond acceptors (Lipinski definition) is 3. The van der Waals surface area contributed by atoms with Crippen LogP contribution < -0.4 is 5.32 Å². The molecule has 0 radical (unpaired) electrons. The van der Waals surface area contributed by atoms with Crippen molar-refractivity contribution in [3.05, 3.63) is 78.0 Å². The van der Waals surface area contributed by atoms with Crippen LogP contribution in [0.5, 0.6) is 0 Å². The van der Waals surface area contributed by atoms with E-state index < -0.39 is 6.10 Å². The Morgan fingerprint density at radius 2 is 1.71 bits per heavy atom. The van der Waals surface area contributed by atoms with E-state index in [1.165, 1.54) is 0 Å². The number of aromatic amines is 1. The first-order chi connectivity index (χ1) is 11.7. The summed E-state index contributed by atoms with van der Waals surface area (Å²) in [4.78, 5) is 0. The van der Waals surface area contributed by atoms with Gasteiger partial charge in [0.15, 0.2) is 0 Å². The summed E-state index contributed by atoms with van der Waals surface area (Å²) in [5, 5.41) is 21.1. The van der Waals surface area contributed by atoms with Gasteiger partial charge in [-0.2, -0.15) is 5.10 Å². The monoisotopic (exact) mass is 321 g/mol. The van der Waals surface area contributed by atoms with E-state index in [1.807, 2.05) is 60.7 Å².